The van der Waals surface area contributed by atoms with E-state index < -0.39 is 5.97 Å². The first-order chi connectivity index (χ1) is 11.1. The summed E-state index contributed by atoms with van der Waals surface area (Å²) >= 11 is 0. The van der Waals surface area contributed by atoms with Crippen LogP contribution in [-0.4, -0.2) is 26.1 Å². The van der Waals surface area contributed by atoms with Crippen LogP contribution in [0.3, 0.4) is 0 Å². The topological polar surface area (TPSA) is 94.0 Å². The van der Waals surface area contributed by atoms with Crippen LogP contribution in [0.1, 0.15) is 21.6 Å². The van der Waals surface area contributed by atoms with E-state index in [1.165, 1.54) is 0 Å². The zero-order valence-electron chi connectivity index (χ0n) is 12.6. The molecule has 3 rings (SSSR count). The van der Waals surface area contributed by atoms with Crippen molar-refractivity contribution in [2.24, 2.45) is 5.73 Å². The molecule has 0 atom stereocenters. The highest BCUT2D eigenvalue weighted by Crippen LogP contribution is 2.26. The number of rotatable bonds is 4. The summed E-state index contributed by atoms with van der Waals surface area (Å²) in [6.07, 6.45) is 0. The number of carbonyl (C=O) groups is 1. The number of hydrogen-bond acceptors (Lipinski definition) is 4. The number of nitrogens with zero attached hydrogens (tertiary/aromatic N) is 3. The standard InChI is InChI=1S/C17H16N4O2/c1-11-3-2-4-13(9-11)16-15(10-18)19-20-21(16)14-7-5-12(6-8-14)17(22)23/h2-9H,10,18H2,1H3,(H,22,23). The average Bonchev–Trinajstić information content (AvgIpc) is 2.99. The van der Waals surface area contributed by atoms with E-state index in [-0.39, 0.29) is 12.1 Å². The fraction of sp³-hybridized carbons (Fsp3) is 0.118. The lowest BCUT2D eigenvalue weighted by molar-refractivity contribution is 0.0697. The fourth-order valence-corrected chi connectivity index (χ4v) is 2.46. The van der Waals surface area contributed by atoms with Crippen LogP contribution in [0.2, 0.25) is 0 Å². The minimum atomic E-state index is -0.961. The van der Waals surface area contributed by atoms with Gasteiger partial charge in [-0.25, -0.2) is 9.48 Å². The summed E-state index contributed by atoms with van der Waals surface area (Å²) in [6.45, 7) is 2.29. The molecule has 0 aliphatic carbocycles. The van der Waals surface area contributed by atoms with Gasteiger partial charge in [0.05, 0.1) is 16.9 Å². The number of aromatic nitrogens is 3. The Morgan fingerprint density at radius 2 is 1.96 bits per heavy atom. The highest BCUT2D eigenvalue weighted by Gasteiger charge is 2.15. The first kappa shape index (κ1) is 14.9. The molecule has 0 radical (unpaired) electrons. The van der Waals surface area contributed by atoms with Crippen molar-refractivity contribution in [2.75, 3.05) is 0 Å². The van der Waals surface area contributed by atoms with E-state index in [0.29, 0.717) is 5.69 Å². The molecule has 0 aliphatic heterocycles. The monoisotopic (exact) mass is 308 g/mol. The van der Waals surface area contributed by atoms with E-state index >= 15 is 0 Å². The lowest BCUT2D eigenvalue weighted by atomic mass is 10.1. The van der Waals surface area contributed by atoms with Crippen molar-refractivity contribution < 1.29 is 9.90 Å². The third-order valence-electron chi connectivity index (χ3n) is 3.58. The maximum atomic E-state index is 11.0. The SMILES string of the molecule is Cc1cccc(-c2c(CN)nnn2-c2ccc(C(=O)O)cc2)c1. The van der Waals surface area contributed by atoms with Crippen LogP contribution in [0.25, 0.3) is 16.9 Å². The molecule has 6 nitrogen and oxygen atoms in total. The van der Waals surface area contributed by atoms with Crippen molar-refractivity contribution in [3.05, 3.63) is 65.4 Å². The van der Waals surface area contributed by atoms with Crippen LogP contribution >= 0.6 is 0 Å². The summed E-state index contributed by atoms with van der Waals surface area (Å²) in [5, 5.41) is 17.3. The molecule has 3 aromatic rings. The summed E-state index contributed by atoms with van der Waals surface area (Å²) in [5.74, 6) is -0.961. The molecule has 0 amide bonds. The van der Waals surface area contributed by atoms with Gasteiger partial charge in [-0.15, -0.1) is 5.10 Å². The average molecular weight is 308 g/mol. The van der Waals surface area contributed by atoms with Crippen molar-refractivity contribution in [1.29, 1.82) is 0 Å². The number of hydrogen-bond donors (Lipinski definition) is 2. The second-order valence-corrected chi connectivity index (χ2v) is 5.22. The fourth-order valence-electron chi connectivity index (χ4n) is 2.46. The third-order valence-corrected chi connectivity index (χ3v) is 3.58. The lowest BCUT2D eigenvalue weighted by Gasteiger charge is -2.09. The van der Waals surface area contributed by atoms with Gasteiger partial charge in [-0.05, 0) is 37.3 Å². The van der Waals surface area contributed by atoms with Gasteiger partial charge in [-0.2, -0.15) is 0 Å². The first-order valence-corrected chi connectivity index (χ1v) is 7.15. The van der Waals surface area contributed by atoms with Crippen molar-refractivity contribution >= 4 is 5.97 Å². The number of nitrogens with two attached hydrogens (primary N) is 1. The van der Waals surface area contributed by atoms with Crippen LogP contribution in [0.5, 0.6) is 0 Å². The van der Waals surface area contributed by atoms with E-state index in [1.54, 1.807) is 28.9 Å². The Morgan fingerprint density at radius 3 is 2.57 bits per heavy atom. The highest BCUT2D eigenvalue weighted by molar-refractivity contribution is 5.87. The Balaban J connectivity index is 2.13. The van der Waals surface area contributed by atoms with E-state index in [9.17, 15) is 4.79 Å². The lowest BCUT2D eigenvalue weighted by Crippen LogP contribution is -2.03. The van der Waals surface area contributed by atoms with Gasteiger partial charge in [0.15, 0.2) is 0 Å². The Bertz CT molecular complexity index is 853. The number of benzene rings is 2. The summed E-state index contributed by atoms with van der Waals surface area (Å²) < 4.78 is 1.68. The second-order valence-electron chi connectivity index (χ2n) is 5.22. The van der Waals surface area contributed by atoms with Gasteiger partial charge in [0.1, 0.15) is 5.69 Å². The van der Waals surface area contributed by atoms with Gasteiger partial charge >= 0.3 is 5.97 Å². The van der Waals surface area contributed by atoms with E-state index in [1.807, 2.05) is 31.2 Å². The molecule has 1 heterocycles. The zero-order chi connectivity index (χ0) is 16.4. The summed E-state index contributed by atoms with van der Waals surface area (Å²) in [7, 11) is 0. The summed E-state index contributed by atoms with van der Waals surface area (Å²) in [4.78, 5) is 11.0. The maximum absolute atomic E-state index is 11.0. The number of carboxylic acids is 1. The molecule has 0 unspecified atom stereocenters. The molecule has 6 heteroatoms. The van der Waals surface area contributed by atoms with Gasteiger partial charge in [-0.1, -0.05) is 29.0 Å². The molecule has 116 valence electrons. The van der Waals surface area contributed by atoms with Gasteiger partial charge < -0.3 is 10.8 Å². The van der Waals surface area contributed by atoms with Crippen LogP contribution in [0.15, 0.2) is 48.5 Å². The molecule has 0 saturated carbocycles. The Hall–Kier alpha value is -2.99. The van der Waals surface area contributed by atoms with E-state index in [0.717, 1.165) is 22.5 Å². The van der Waals surface area contributed by atoms with Gasteiger partial charge in [-0.3, -0.25) is 0 Å². The Kier molecular flexibility index (Phi) is 3.91. The third kappa shape index (κ3) is 2.84. The molecule has 1 aromatic heterocycles. The van der Waals surface area contributed by atoms with Gasteiger partial charge in [0.2, 0.25) is 0 Å². The molecule has 0 saturated heterocycles. The molecule has 0 bridgehead atoms. The molecule has 0 fully saturated rings. The minimum absolute atomic E-state index is 0.227. The molecular formula is C17H16N4O2. The molecule has 3 N–H and O–H groups in total. The molecule has 0 aliphatic rings. The second kappa shape index (κ2) is 6.02. The minimum Gasteiger partial charge on any atom is -0.478 e. The number of aromatic carboxylic acids is 1. The van der Waals surface area contributed by atoms with Crippen LogP contribution < -0.4 is 5.73 Å². The van der Waals surface area contributed by atoms with Gasteiger partial charge in [0.25, 0.3) is 0 Å². The highest BCUT2D eigenvalue weighted by atomic mass is 16.4. The zero-order valence-corrected chi connectivity index (χ0v) is 12.6. The Labute approximate surface area is 133 Å². The molecule has 23 heavy (non-hydrogen) atoms. The molecular weight excluding hydrogens is 292 g/mol. The predicted molar refractivity (Wildman–Crippen MR) is 86.4 cm³/mol. The normalized spacial score (nSPS) is 10.7. The molecule has 2 aromatic carbocycles. The summed E-state index contributed by atoms with van der Waals surface area (Å²) in [5.41, 5.74) is 10.4. The molecule has 0 spiro atoms. The number of carboxylic acid groups (broad SMARTS) is 1. The smallest absolute Gasteiger partial charge is 0.335 e. The summed E-state index contributed by atoms with van der Waals surface area (Å²) in [6, 6.07) is 14.5. The van der Waals surface area contributed by atoms with E-state index in [2.05, 4.69) is 10.3 Å². The van der Waals surface area contributed by atoms with Crippen molar-refractivity contribution in [2.45, 2.75) is 13.5 Å². The Morgan fingerprint density at radius 1 is 1.22 bits per heavy atom. The maximum Gasteiger partial charge on any atom is 0.335 e. The van der Waals surface area contributed by atoms with Crippen molar-refractivity contribution in [3.8, 4) is 16.9 Å². The van der Waals surface area contributed by atoms with Crippen LogP contribution in [0, 0.1) is 6.92 Å². The first-order valence-electron chi connectivity index (χ1n) is 7.15. The van der Waals surface area contributed by atoms with Crippen molar-refractivity contribution in [3.63, 3.8) is 0 Å². The van der Waals surface area contributed by atoms with Crippen molar-refractivity contribution in [1.82, 2.24) is 15.0 Å². The van der Waals surface area contributed by atoms with E-state index in [4.69, 9.17) is 10.8 Å². The van der Waals surface area contributed by atoms with Gasteiger partial charge in [0, 0.05) is 12.1 Å². The van der Waals surface area contributed by atoms with Crippen LogP contribution in [0.4, 0.5) is 0 Å². The number of aryl methyl sites for hydroxylation is 1. The predicted octanol–water partition coefficient (Wildman–Crippen LogP) is 2.40. The van der Waals surface area contributed by atoms with Crippen LogP contribution in [-0.2, 0) is 6.54 Å². The largest absolute Gasteiger partial charge is 0.478 e. The quantitative estimate of drug-likeness (QED) is 0.772.